The molecular formula is C19H20FN5O2. The van der Waals surface area contributed by atoms with Crippen molar-refractivity contribution in [3.63, 3.8) is 0 Å². The van der Waals surface area contributed by atoms with Gasteiger partial charge in [0.2, 0.25) is 5.91 Å². The molecule has 2 aromatic heterocycles. The van der Waals surface area contributed by atoms with Crippen LogP contribution in [0.25, 0.3) is 5.65 Å². The maximum atomic E-state index is 13.6. The highest BCUT2D eigenvalue weighted by atomic mass is 19.1. The van der Waals surface area contributed by atoms with Crippen LogP contribution in [0.4, 0.5) is 16.0 Å². The molecule has 2 N–H and O–H groups in total. The Morgan fingerprint density at radius 2 is 2.22 bits per heavy atom. The Morgan fingerprint density at radius 3 is 3.04 bits per heavy atom. The van der Waals surface area contributed by atoms with E-state index >= 15 is 0 Å². The summed E-state index contributed by atoms with van der Waals surface area (Å²) >= 11 is 0. The number of anilines is 2. The van der Waals surface area contributed by atoms with E-state index in [0.29, 0.717) is 11.5 Å². The fraction of sp³-hybridized carbons (Fsp3) is 0.316. The summed E-state index contributed by atoms with van der Waals surface area (Å²) in [6.07, 6.45) is 3.47. The van der Waals surface area contributed by atoms with E-state index < -0.39 is 0 Å². The lowest BCUT2D eigenvalue weighted by atomic mass is 10.0. The van der Waals surface area contributed by atoms with Crippen LogP contribution in [0.5, 0.6) is 0 Å². The minimum atomic E-state index is -0.301. The maximum absolute atomic E-state index is 13.6. The fourth-order valence-electron chi connectivity index (χ4n) is 3.51. The van der Waals surface area contributed by atoms with Gasteiger partial charge in [-0.05, 0) is 42.7 Å². The molecule has 0 spiro atoms. The van der Waals surface area contributed by atoms with E-state index in [1.54, 1.807) is 16.6 Å². The van der Waals surface area contributed by atoms with Crippen molar-refractivity contribution in [3.8, 4) is 0 Å². The SMILES string of the molecule is O=C(CCO)Nc1cnc2ccc(N3CCC[C@@H]3c3cccc(F)c3)nn12. The molecule has 1 aliphatic heterocycles. The summed E-state index contributed by atoms with van der Waals surface area (Å²) in [5.74, 6) is 0.647. The number of fused-ring (bicyclic) bond motifs is 1. The Morgan fingerprint density at radius 1 is 1.33 bits per heavy atom. The predicted octanol–water partition coefficient (Wildman–Crippen LogP) is 2.53. The van der Waals surface area contributed by atoms with Gasteiger partial charge in [0.25, 0.3) is 0 Å². The third-order valence-corrected chi connectivity index (χ3v) is 4.74. The van der Waals surface area contributed by atoms with Crippen LogP contribution >= 0.6 is 0 Å². The molecule has 8 heteroatoms. The van der Waals surface area contributed by atoms with Crippen molar-refractivity contribution < 1.29 is 14.3 Å². The second-order valence-corrected chi connectivity index (χ2v) is 6.53. The molecule has 1 fully saturated rings. The lowest BCUT2D eigenvalue weighted by Crippen LogP contribution is -2.24. The molecule has 1 aliphatic rings. The number of nitrogens with zero attached hydrogens (tertiary/aromatic N) is 4. The number of nitrogens with one attached hydrogen (secondary N) is 1. The molecule has 3 heterocycles. The summed E-state index contributed by atoms with van der Waals surface area (Å²) in [6, 6.07) is 10.5. The number of halogens is 1. The van der Waals surface area contributed by atoms with Crippen LogP contribution in [-0.4, -0.2) is 38.8 Å². The number of aliphatic hydroxyl groups excluding tert-OH is 1. The van der Waals surface area contributed by atoms with Gasteiger partial charge in [-0.15, -0.1) is 5.10 Å². The Balaban J connectivity index is 1.65. The van der Waals surface area contributed by atoms with Gasteiger partial charge in [-0.2, -0.15) is 4.52 Å². The van der Waals surface area contributed by atoms with E-state index in [9.17, 15) is 9.18 Å². The topological polar surface area (TPSA) is 82.8 Å². The third kappa shape index (κ3) is 3.48. The van der Waals surface area contributed by atoms with Crippen LogP contribution < -0.4 is 10.2 Å². The molecule has 1 saturated heterocycles. The van der Waals surface area contributed by atoms with Crippen molar-refractivity contribution in [1.29, 1.82) is 0 Å². The first-order valence-corrected chi connectivity index (χ1v) is 8.93. The Labute approximate surface area is 155 Å². The number of carbonyl (C=O) groups excluding carboxylic acids is 1. The standard InChI is InChI=1S/C19H20FN5O2/c20-14-4-1-3-13(11-14)15-5-2-9-24(15)17-7-6-16-21-12-18(25(16)23-17)22-19(27)8-10-26/h1,3-4,6-7,11-12,15,26H,2,5,8-10H2,(H,22,27)/t15-/m1/s1. The van der Waals surface area contributed by atoms with Gasteiger partial charge in [0.15, 0.2) is 11.5 Å². The number of aromatic nitrogens is 3. The second kappa shape index (κ2) is 7.32. The highest BCUT2D eigenvalue weighted by molar-refractivity contribution is 5.90. The molecule has 4 rings (SSSR count). The van der Waals surface area contributed by atoms with Crippen LogP contribution in [0.2, 0.25) is 0 Å². The quantitative estimate of drug-likeness (QED) is 0.722. The van der Waals surface area contributed by atoms with Crippen LogP contribution in [0.3, 0.4) is 0 Å². The average Bonchev–Trinajstić information content (AvgIpc) is 3.29. The molecule has 7 nitrogen and oxygen atoms in total. The monoisotopic (exact) mass is 369 g/mol. The Kier molecular flexibility index (Phi) is 4.72. The molecular weight excluding hydrogens is 349 g/mol. The highest BCUT2D eigenvalue weighted by Gasteiger charge is 2.28. The zero-order valence-corrected chi connectivity index (χ0v) is 14.7. The summed E-state index contributed by atoms with van der Waals surface area (Å²) in [5.41, 5.74) is 1.54. The first kappa shape index (κ1) is 17.4. The van der Waals surface area contributed by atoms with Crippen molar-refractivity contribution in [2.45, 2.75) is 25.3 Å². The van der Waals surface area contributed by atoms with Crippen molar-refractivity contribution in [2.24, 2.45) is 0 Å². The largest absolute Gasteiger partial charge is 0.396 e. The minimum Gasteiger partial charge on any atom is -0.396 e. The fourth-order valence-corrected chi connectivity index (χ4v) is 3.51. The van der Waals surface area contributed by atoms with E-state index in [4.69, 9.17) is 5.11 Å². The predicted molar refractivity (Wildman–Crippen MR) is 99.0 cm³/mol. The summed E-state index contributed by atoms with van der Waals surface area (Å²) in [6.45, 7) is 0.602. The number of carbonyl (C=O) groups is 1. The van der Waals surface area contributed by atoms with Crippen LogP contribution in [0.1, 0.15) is 30.9 Å². The van der Waals surface area contributed by atoms with Gasteiger partial charge in [-0.3, -0.25) is 4.79 Å². The first-order chi connectivity index (χ1) is 13.2. The van der Waals surface area contributed by atoms with Crippen molar-refractivity contribution >= 4 is 23.2 Å². The number of rotatable bonds is 5. The molecule has 3 aromatic rings. The molecule has 0 bridgehead atoms. The zero-order valence-electron chi connectivity index (χ0n) is 14.7. The Hall–Kier alpha value is -3.00. The van der Waals surface area contributed by atoms with E-state index in [1.807, 2.05) is 18.2 Å². The van der Waals surface area contributed by atoms with Crippen LogP contribution in [0, 0.1) is 5.82 Å². The van der Waals surface area contributed by atoms with Crippen molar-refractivity contribution in [1.82, 2.24) is 14.6 Å². The number of amides is 1. The van der Waals surface area contributed by atoms with Gasteiger partial charge in [-0.25, -0.2) is 9.37 Å². The van der Waals surface area contributed by atoms with E-state index in [1.165, 1.54) is 12.3 Å². The van der Waals surface area contributed by atoms with E-state index in [2.05, 4.69) is 20.3 Å². The normalized spacial score (nSPS) is 16.8. The van der Waals surface area contributed by atoms with Gasteiger partial charge in [-0.1, -0.05) is 12.1 Å². The summed E-state index contributed by atoms with van der Waals surface area (Å²) < 4.78 is 15.2. The maximum Gasteiger partial charge on any atom is 0.227 e. The minimum absolute atomic E-state index is 0.0146. The molecule has 1 amide bonds. The van der Waals surface area contributed by atoms with Crippen molar-refractivity contribution in [2.75, 3.05) is 23.4 Å². The van der Waals surface area contributed by atoms with Crippen LogP contribution in [0.15, 0.2) is 42.6 Å². The first-order valence-electron chi connectivity index (χ1n) is 8.93. The molecule has 0 unspecified atom stereocenters. The summed E-state index contributed by atoms with van der Waals surface area (Å²) in [4.78, 5) is 18.2. The van der Waals surface area contributed by atoms with Crippen molar-refractivity contribution in [3.05, 3.63) is 54.0 Å². The lowest BCUT2D eigenvalue weighted by molar-refractivity contribution is -0.116. The molecule has 140 valence electrons. The Bertz CT molecular complexity index is 974. The smallest absolute Gasteiger partial charge is 0.227 e. The molecule has 0 saturated carbocycles. The average molecular weight is 369 g/mol. The van der Waals surface area contributed by atoms with E-state index in [-0.39, 0.29) is 30.8 Å². The van der Waals surface area contributed by atoms with Gasteiger partial charge in [0.05, 0.1) is 25.3 Å². The van der Waals surface area contributed by atoms with Gasteiger partial charge in [0.1, 0.15) is 11.6 Å². The number of hydrogen-bond acceptors (Lipinski definition) is 5. The lowest BCUT2D eigenvalue weighted by Gasteiger charge is -2.26. The number of benzene rings is 1. The molecule has 27 heavy (non-hydrogen) atoms. The van der Waals surface area contributed by atoms with E-state index in [0.717, 1.165) is 30.8 Å². The zero-order chi connectivity index (χ0) is 18.8. The molecule has 0 radical (unpaired) electrons. The molecule has 1 aromatic carbocycles. The summed E-state index contributed by atoms with van der Waals surface area (Å²) in [7, 11) is 0. The number of hydrogen-bond donors (Lipinski definition) is 2. The molecule has 0 aliphatic carbocycles. The number of imidazole rings is 1. The van der Waals surface area contributed by atoms with Crippen LogP contribution in [-0.2, 0) is 4.79 Å². The second-order valence-electron chi connectivity index (χ2n) is 6.53. The third-order valence-electron chi connectivity index (χ3n) is 4.74. The highest BCUT2D eigenvalue weighted by Crippen LogP contribution is 2.35. The van der Waals surface area contributed by atoms with Gasteiger partial charge < -0.3 is 15.3 Å². The summed E-state index contributed by atoms with van der Waals surface area (Å²) in [5, 5.41) is 16.2. The number of aliphatic hydroxyl groups is 1. The van der Waals surface area contributed by atoms with Gasteiger partial charge in [0, 0.05) is 6.54 Å². The van der Waals surface area contributed by atoms with Gasteiger partial charge >= 0.3 is 0 Å². The molecule has 1 atom stereocenters.